The third kappa shape index (κ3) is 6.29. The quantitative estimate of drug-likeness (QED) is 0.787. The van der Waals surface area contributed by atoms with Gasteiger partial charge in [-0.2, -0.15) is 13.2 Å². The van der Waals surface area contributed by atoms with Crippen LogP contribution < -0.4 is 0 Å². The van der Waals surface area contributed by atoms with E-state index in [9.17, 15) is 22.5 Å². The van der Waals surface area contributed by atoms with Gasteiger partial charge in [0.05, 0.1) is 16.9 Å². The molecule has 1 N–H and O–H groups in total. The topological polar surface area (TPSA) is 37.3 Å². The fraction of sp³-hybridized carbons (Fsp3) is 0.368. The van der Waals surface area contributed by atoms with E-state index in [0.717, 1.165) is 15.4 Å². The van der Waals surface area contributed by atoms with Gasteiger partial charge in [0.1, 0.15) is 0 Å². The van der Waals surface area contributed by atoms with Crippen LogP contribution in [0.2, 0.25) is 0 Å². The van der Waals surface area contributed by atoms with Crippen LogP contribution in [-0.4, -0.2) is 15.5 Å². The van der Waals surface area contributed by atoms with Crippen molar-refractivity contribution in [1.29, 1.82) is 0 Å². The molecule has 0 amide bonds. The summed E-state index contributed by atoms with van der Waals surface area (Å²) in [5.74, 6) is 0.590. The van der Waals surface area contributed by atoms with Crippen LogP contribution in [-0.2, 0) is 10.8 Å². The Morgan fingerprint density at radius 1 is 1.08 bits per heavy atom. The van der Waals surface area contributed by atoms with Crippen LogP contribution in [0.4, 0.5) is 13.2 Å². The van der Waals surface area contributed by atoms with Crippen molar-refractivity contribution in [2.75, 3.05) is 0 Å². The number of hydrogen-bond acceptors (Lipinski definition) is 2. The molecule has 0 aliphatic heterocycles. The summed E-state index contributed by atoms with van der Waals surface area (Å²) in [6.45, 7) is 1.92. The second-order valence-corrected chi connectivity index (χ2v) is 7.56. The number of aliphatic hydroxyl groups excluding tert-OH is 1. The van der Waals surface area contributed by atoms with E-state index in [4.69, 9.17) is 0 Å². The zero-order valence-electron chi connectivity index (χ0n) is 14.1. The van der Waals surface area contributed by atoms with E-state index in [0.29, 0.717) is 5.92 Å². The molecule has 6 heteroatoms. The highest BCUT2D eigenvalue weighted by molar-refractivity contribution is 7.85. The average molecular weight is 370 g/mol. The molecule has 2 atom stereocenters. The highest BCUT2D eigenvalue weighted by atomic mass is 32.2. The predicted octanol–water partition coefficient (Wildman–Crippen LogP) is 5.35. The van der Waals surface area contributed by atoms with Crippen molar-refractivity contribution in [3.05, 3.63) is 59.7 Å². The van der Waals surface area contributed by atoms with Gasteiger partial charge in [0.15, 0.2) is 0 Å². The lowest BCUT2D eigenvalue weighted by Gasteiger charge is -2.10. The fourth-order valence-electron chi connectivity index (χ4n) is 2.38. The zero-order chi connectivity index (χ0) is 18.6. The van der Waals surface area contributed by atoms with E-state index in [1.807, 2.05) is 42.5 Å². The molecule has 1 saturated carbocycles. The number of halogens is 3. The Hall–Kier alpha value is -1.66. The van der Waals surface area contributed by atoms with Gasteiger partial charge in [0.25, 0.3) is 0 Å². The Morgan fingerprint density at radius 3 is 2.08 bits per heavy atom. The van der Waals surface area contributed by atoms with Crippen molar-refractivity contribution in [3.63, 3.8) is 0 Å². The third-order valence-corrected chi connectivity index (χ3v) is 5.18. The predicted molar refractivity (Wildman–Crippen MR) is 91.9 cm³/mol. The summed E-state index contributed by atoms with van der Waals surface area (Å²) in [6.07, 6.45) is -2.08. The first-order chi connectivity index (χ1) is 11.7. The van der Waals surface area contributed by atoms with E-state index in [-0.39, 0.29) is 6.92 Å². The molecule has 0 spiro atoms. The van der Waals surface area contributed by atoms with Gasteiger partial charge in [0, 0.05) is 16.7 Å². The summed E-state index contributed by atoms with van der Waals surface area (Å²) in [5.41, 5.74) is 2.08. The summed E-state index contributed by atoms with van der Waals surface area (Å²) in [7, 11) is -1.14. The van der Waals surface area contributed by atoms with Crippen LogP contribution in [0.1, 0.15) is 49.8 Å². The van der Waals surface area contributed by atoms with Crippen molar-refractivity contribution in [3.8, 4) is 0 Å². The van der Waals surface area contributed by atoms with Gasteiger partial charge >= 0.3 is 6.18 Å². The maximum absolute atomic E-state index is 12.7. The molecule has 2 unspecified atom stereocenters. The van der Waals surface area contributed by atoms with E-state index in [1.165, 1.54) is 18.4 Å². The molecule has 1 aliphatic carbocycles. The Labute approximate surface area is 148 Å². The van der Waals surface area contributed by atoms with Gasteiger partial charge in [-0.05, 0) is 55.0 Å². The second kappa shape index (κ2) is 8.15. The molecular formula is C19H21F3O2S. The lowest BCUT2D eigenvalue weighted by molar-refractivity contribution is -0.110. The summed E-state index contributed by atoms with van der Waals surface area (Å²) >= 11 is 0. The second-order valence-electron chi connectivity index (χ2n) is 6.11. The molecule has 0 aromatic heterocycles. The maximum Gasteiger partial charge on any atom is 0.386 e. The van der Waals surface area contributed by atoms with Crippen molar-refractivity contribution >= 4 is 10.8 Å². The first-order valence-electron chi connectivity index (χ1n) is 8.02. The number of benzene rings is 2. The molecular weight excluding hydrogens is 349 g/mol. The minimum Gasteiger partial charge on any atom is -0.389 e. The normalized spacial score (nSPS) is 16.6. The van der Waals surface area contributed by atoms with Crippen molar-refractivity contribution < 1.29 is 22.5 Å². The van der Waals surface area contributed by atoms with E-state index in [2.05, 4.69) is 6.07 Å². The molecule has 0 heterocycles. The van der Waals surface area contributed by atoms with Gasteiger partial charge in [-0.3, -0.25) is 0 Å². The molecule has 136 valence electrons. The number of aliphatic hydroxyl groups is 1. The minimum atomic E-state index is -4.00. The van der Waals surface area contributed by atoms with E-state index in [1.54, 1.807) is 6.92 Å². The van der Waals surface area contributed by atoms with Gasteiger partial charge in [-0.1, -0.05) is 30.3 Å². The first kappa shape index (κ1) is 19.7. The van der Waals surface area contributed by atoms with Crippen molar-refractivity contribution in [1.82, 2.24) is 0 Å². The standard InChI is InChI=1S/C17H18O2S.C2H3F3/c1-12(18)13-8-10-15(11-9-13)20(19)17-5-3-2-4-16(17)14-6-7-14;1-2(3,4)5/h2-5,8-12,14,18H,6-7H2,1H3;1H3. The van der Waals surface area contributed by atoms with Crippen LogP contribution in [0.25, 0.3) is 0 Å². The average Bonchev–Trinajstić information content (AvgIpc) is 3.37. The van der Waals surface area contributed by atoms with Crippen LogP contribution in [0.3, 0.4) is 0 Å². The third-order valence-electron chi connectivity index (χ3n) is 3.71. The molecule has 0 radical (unpaired) electrons. The van der Waals surface area contributed by atoms with Crippen LogP contribution >= 0.6 is 0 Å². The molecule has 1 fully saturated rings. The largest absolute Gasteiger partial charge is 0.389 e. The van der Waals surface area contributed by atoms with Gasteiger partial charge in [-0.15, -0.1) is 0 Å². The van der Waals surface area contributed by atoms with Crippen LogP contribution in [0.15, 0.2) is 58.3 Å². The number of hydrogen-bond donors (Lipinski definition) is 1. The number of rotatable bonds is 4. The SMILES string of the molecule is CC(F)(F)F.CC(O)c1ccc(S(=O)c2ccccc2C2CC2)cc1. The highest BCUT2D eigenvalue weighted by Gasteiger charge is 2.27. The Kier molecular flexibility index (Phi) is 6.41. The first-order valence-corrected chi connectivity index (χ1v) is 9.17. The monoisotopic (exact) mass is 370 g/mol. The van der Waals surface area contributed by atoms with Crippen LogP contribution in [0, 0.1) is 0 Å². The molecule has 1 aliphatic rings. The van der Waals surface area contributed by atoms with Gasteiger partial charge in [-0.25, -0.2) is 4.21 Å². The number of alkyl halides is 3. The molecule has 0 saturated heterocycles. The Bertz CT molecular complexity index is 714. The Balaban J connectivity index is 0.000000399. The minimum absolute atomic E-state index is 0.188. The summed E-state index contributed by atoms with van der Waals surface area (Å²) in [6, 6.07) is 15.4. The summed E-state index contributed by atoms with van der Waals surface area (Å²) in [5, 5.41) is 9.52. The van der Waals surface area contributed by atoms with Gasteiger partial charge in [0.2, 0.25) is 0 Å². The molecule has 2 aromatic rings. The smallest absolute Gasteiger partial charge is 0.386 e. The maximum atomic E-state index is 12.7. The molecule has 2 aromatic carbocycles. The highest BCUT2D eigenvalue weighted by Crippen LogP contribution is 2.43. The molecule has 25 heavy (non-hydrogen) atoms. The Morgan fingerprint density at radius 2 is 1.60 bits per heavy atom. The van der Waals surface area contributed by atoms with Crippen molar-refractivity contribution in [2.45, 2.75) is 54.7 Å². The molecule has 3 rings (SSSR count). The molecule has 2 nitrogen and oxygen atoms in total. The summed E-state index contributed by atoms with van der Waals surface area (Å²) < 4.78 is 43.8. The lowest BCUT2D eigenvalue weighted by atomic mass is 10.1. The van der Waals surface area contributed by atoms with Crippen LogP contribution in [0.5, 0.6) is 0 Å². The van der Waals surface area contributed by atoms with Gasteiger partial charge < -0.3 is 5.11 Å². The molecule has 0 bridgehead atoms. The van der Waals surface area contributed by atoms with Crippen molar-refractivity contribution in [2.24, 2.45) is 0 Å². The lowest BCUT2D eigenvalue weighted by Crippen LogP contribution is -1.98. The fourth-order valence-corrected chi connectivity index (χ4v) is 3.67. The van der Waals surface area contributed by atoms with E-state index >= 15 is 0 Å². The van der Waals surface area contributed by atoms with E-state index < -0.39 is 23.1 Å². The zero-order valence-corrected chi connectivity index (χ0v) is 14.9. The summed E-state index contributed by atoms with van der Waals surface area (Å²) in [4.78, 5) is 1.72.